The molecule has 0 spiro atoms. The van der Waals surface area contributed by atoms with Crippen LogP contribution in [0.25, 0.3) is 0 Å². The van der Waals surface area contributed by atoms with Crippen molar-refractivity contribution in [2.45, 2.75) is 59.0 Å². The second-order valence-electron chi connectivity index (χ2n) is 7.78. The number of nitrogens with one attached hydrogen (secondary N) is 1. The minimum atomic E-state index is -0.406. The maximum absolute atomic E-state index is 10.5. The average Bonchev–Trinajstić information content (AvgIpc) is 3.03. The molecule has 7 heteroatoms. The SMILES string of the molecule is CCC(CC)NCC(O)CN(CC)c1ccc(N=NC2N(C)C=CN2C)c(C)c1. The first kappa shape index (κ1) is 23.2. The van der Waals surface area contributed by atoms with E-state index in [0.29, 0.717) is 19.1 Å². The highest BCUT2D eigenvalue weighted by Gasteiger charge is 2.19. The summed E-state index contributed by atoms with van der Waals surface area (Å²) in [4.78, 5) is 6.24. The van der Waals surface area contributed by atoms with E-state index in [1.165, 1.54) is 0 Å². The molecule has 29 heavy (non-hydrogen) atoms. The number of hydrogen-bond donors (Lipinski definition) is 2. The molecule has 1 aliphatic rings. The van der Waals surface area contributed by atoms with Gasteiger partial charge in [0.15, 0.2) is 0 Å². The quantitative estimate of drug-likeness (QED) is 0.553. The summed E-state index contributed by atoms with van der Waals surface area (Å²) in [6.45, 7) is 10.6. The molecule has 1 aromatic rings. The predicted molar refractivity (Wildman–Crippen MR) is 120 cm³/mol. The smallest absolute Gasteiger partial charge is 0.217 e. The second-order valence-corrected chi connectivity index (χ2v) is 7.78. The van der Waals surface area contributed by atoms with Crippen LogP contribution >= 0.6 is 0 Å². The summed E-state index contributed by atoms with van der Waals surface area (Å²) in [5.74, 6) is 0. The molecule has 0 aliphatic carbocycles. The molecule has 0 radical (unpaired) electrons. The zero-order chi connectivity index (χ0) is 21.4. The molecule has 1 aliphatic heterocycles. The van der Waals surface area contributed by atoms with Crippen LogP contribution in [0.15, 0.2) is 40.8 Å². The number of anilines is 1. The summed E-state index contributed by atoms with van der Waals surface area (Å²) in [5.41, 5.74) is 3.04. The van der Waals surface area contributed by atoms with Gasteiger partial charge in [0.2, 0.25) is 6.29 Å². The topological polar surface area (TPSA) is 66.7 Å². The first-order valence-electron chi connectivity index (χ1n) is 10.7. The molecule has 2 N–H and O–H groups in total. The van der Waals surface area contributed by atoms with E-state index in [4.69, 9.17) is 0 Å². The van der Waals surface area contributed by atoms with Crippen LogP contribution in [0.1, 0.15) is 39.2 Å². The Kier molecular flexibility index (Phi) is 8.92. The summed E-state index contributed by atoms with van der Waals surface area (Å²) in [6, 6.07) is 6.67. The Morgan fingerprint density at radius 1 is 1.14 bits per heavy atom. The fraction of sp³-hybridized carbons (Fsp3) is 0.636. The van der Waals surface area contributed by atoms with Gasteiger partial charge in [-0.2, -0.15) is 5.11 Å². The van der Waals surface area contributed by atoms with E-state index in [9.17, 15) is 5.11 Å². The van der Waals surface area contributed by atoms with Gasteiger partial charge in [-0.3, -0.25) is 0 Å². The van der Waals surface area contributed by atoms with Gasteiger partial charge in [0.05, 0.1) is 11.8 Å². The second kappa shape index (κ2) is 11.2. The third-order valence-corrected chi connectivity index (χ3v) is 5.52. The number of benzene rings is 1. The number of aliphatic hydroxyl groups is 1. The number of rotatable bonds is 11. The van der Waals surface area contributed by atoms with Gasteiger partial charge >= 0.3 is 0 Å². The molecule has 0 fully saturated rings. The Labute approximate surface area is 176 Å². The van der Waals surface area contributed by atoms with E-state index >= 15 is 0 Å². The zero-order valence-corrected chi connectivity index (χ0v) is 18.8. The van der Waals surface area contributed by atoms with E-state index in [1.807, 2.05) is 42.4 Å². The summed E-state index contributed by atoms with van der Waals surface area (Å²) >= 11 is 0. The molecule has 1 heterocycles. The molecule has 0 saturated heterocycles. The van der Waals surface area contributed by atoms with Crippen molar-refractivity contribution in [3.63, 3.8) is 0 Å². The van der Waals surface area contributed by atoms with Crippen LogP contribution in [0.5, 0.6) is 0 Å². The summed E-state index contributed by atoms with van der Waals surface area (Å²) in [7, 11) is 3.98. The fourth-order valence-electron chi connectivity index (χ4n) is 3.49. The van der Waals surface area contributed by atoms with Gasteiger partial charge < -0.3 is 25.1 Å². The molecule has 1 atom stereocenters. The number of likely N-dealkylation sites (N-methyl/N-ethyl adjacent to an activating group) is 1. The van der Waals surface area contributed by atoms with E-state index in [-0.39, 0.29) is 6.29 Å². The van der Waals surface area contributed by atoms with Crippen molar-refractivity contribution in [2.24, 2.45) is 10.2 Å². The minimum absolute atomic E-state index is 0.0982. The van der Waals surface area contributed by atoms with Crippen molar-refractivity contribution in [3.8, 4) is 0 Å². The maximum Gasteiger partial charge on any atom is 0.217 e. The highest BCUT2D eigenvalue weighted by molar-refractivity contribution is 5.57. The molecule has 0 amide bonds. The lowest BCUT2D eigenvalue weighted by atomic mass is 10.1. The van der Waals surface area contributed by atoms with Gasteiger partial charge in [-0.05, 0) is 50.5 Å². The fourth-order valence-corrected chi connectivity index (χ4v) is 3.49. The number of hydrogen-bond acceptors (Lipinski definition) is 7. The average molecular weight is 403 g/mol. The molecule has 162 valence electrons. The molecule has 1 aromatic carbocycles. The van der Waals surface area contributed by atoms with Gasteiger partial charge in [-0.25, -0.2) is 0 Å². The Bertz CT molecular complexity index is 676. The lowest BCUT2D eigenvalue weighted by molar-refractivity contribution is 0.171. The van der Waals surface area contributed by atoms with Crippen LogP contribution in [-0.2, 0) is 0 Å². The molecule has 0 saturated carbocycles. The van der Waals surface area contributed by atoms with Crippen molar-refractivity contribution in [3.05, 3.63) is 36.2 Å². The predicted octanol–water partition coefficient (Wildman–Crippen LogP) is 3.68. The van der Waals surface area contributed by atoms with Crippen LogP contribution < -0.4 is 10.2 Å². The lowest BCUT2D eigenvalue weighted by Gasteiger charge is -2.27. The van der Waals surface area contributed by atoms with Crippen LogP contribution in [-0.4, -0.2) is 67.1 Å². The van der Waals surface area contributed by atoms with Crippen molar-refractivity contribution in [2.75, 3.05) is 38.6 Å². The van der Waals surface area contributed by atoms with Gasteiger partial charge in [0.25, 0.3) is 0 Å². The van der Waals surface area contributed by atoms with Gasteiger partial charge in [-0.15, -0.1) is 5.11 Å². The first-order valence-corrected chi connectivity index (χ1v) is 10.7. The normalized spacial score (nSPS) is 15.9. The first-order chi connectivity index (χ1) is 13.9. The minimum Gasteiger partial charge on any atom is -0.390 e. The summed E-state index contributed by atoms with van der Waals surface area (Å²) < 4.78 is 0. The Balaban J connectivity index is 1.99. The van der Waals surface area contributed by atoms with Gasteiger partial charge in [-0.1, -0.05) is 13.8 Å². The molecule has 0 bridgehead atoms. The Morgan fingerprint density at radius 3 is 2.34 bits per heavy atom. The van der Waals surface area contributed by atoms with Crippen molar-refractivity contribution in [1.82, 2.24) is 15.1 Å². The standard InChI is InChI=1S/C22H38N6O/c1-7-18(8-2)23-15-20(29)16-28(9-3)19-10-11-21(17(4)14-19)24-25-22-26(5)12-13-27(22)6/h10-14,18,20,22-23,29H,7-9,15-16H2,1-6H3. The van der Waals surface area contributed by atoms with Crippen LogP contribution in [0.4, 0.5) is 11.4 Å². The largest absolute Gasteiger partial charge is 0.390 e. The third-order valence-electron chi connectivity index (χ3n) is 5.52. The van der Waals surface area contributed by atoms with Crippen molar-refractivity contribution in [1.29, 1.82) is 0 Å². The maximum atomic E-state index is 10.5. The van der Waals surface area contributed by atoms with E-state index in [2.05, 4.69) is 60.3 Å². The van der Waals surface area contributed by atoms with Crippen molar-refractivity contribution < 1.29 is 5.11 Å². The van der Waals surface area contributed by atoms with E-state index < -0.39 is 6.10 Å². The number of aryl methyl sites for hydroxylation is 1. The van der Waals surface area contributed by atoms with Crippen LogP contribution in [0, 0.1) is 6.92 Å². The number of azo groups is 1. The third kappa shape index (κ3) is 6.44. The molecular formula is C22H38N6O. The highest BCUT2D eigenvalue weighted by Crippen LogP contribution is 2.26. The number of nitrogens with zero attached hydrogens (tertiary/aromatic N) is 5. The lowest BCUT2D eigenvalue weighted by Crippen LogP contribution is -2.41. The molecule has 7 nitrogen and oxygen atoms in total. The Hall–Kier alpha value is -2.12. The van der Waals surface area contributed by atoms with E-state index in [0.717, 1.165) is 36.3 Å². The molecule has 1 unspecified atom stereocenters. The monoisotopic (exact) mass is 402 g/mol. The van der Waals surface area contributed by atoms with Gasteiger partial charge in [0, 0.05) is 57.9 Å². The summed E-state index contributed by atoms with van der Waals surface area (Å²) in [6.07, 6.45) is 5.64. The number of aliphatic hydroxyl groups excluding tert-OH is 1. The van der Waals surface area contributed by atoms with Crippen LogP contribution in [0.2, 0.25) is 0 Å². The molecular weight excluding hydrogens is 364 g/mol. The van der Waals surface area contributed by atoms with E-state index in [1.54, 1.807) is 0 Å². The highest BCUT2D eigenvalue weighted by atomic mass is 16.3. The molecule has 0 aromatic heterocycles. The Morgan fingerprint density at radius 2 is 1.79 bits per heavy atom. The zero-order valence-electron chi connectivity index (χ0n) is 18.8. The molecule has 2 rings (SSSR count). The van der Waals surface area contributed by atoms with Crippen molar-refractivity contribution >= 4 is 11.4 Å². The summed E-state index contributed by atoms with van der Waals surface area (Å²) in [5, 5.41) is 22.9. The van der Waals surface area contributed by atoms with Gasteiger partial charge in [0.1, 0.15) is 0 Å². The van der Waals surface area contributed by atoms with Crippen LogP contribution in [0.3, 0.4) is 0 Å².